The number of carbonyl (C=O) groups excluding carboxylic acids is 2. The molecule has 0 aromatic heterocycles. The number of benzene rings is 1. The van der Waals surface area contributed by atoms with Crippen LogP contribution in [0.5, 0.6) is 0 Å². The number of rotatable bonds is 3. The number of sulfonamides is 1. The van der Waals surface area contributed by atoms with Crippen LogP contribution in [-0.4, -0.2) is 80.0 Å². The number of hydrogen-bond acceptors (Lipinski definition) is 4. The maximum absolute atomic E-state index is 12.8. The molecular weight excluding hydrogens is 368 g/mol. The SMILES string of the molecule is CS(=O)(=O)N1CCN(C(=O)C2CCCN(C(=O)Nc3ccccc3)C2)CC1. The highest BCUT2D eigenvalue weighted by Gasteiger charge is 2.33. The molecule has 9 heteroatoms. The number of hydrogen-bond donors (Lipinski definition) is 1. The van der Waals surface area contributed by atoms with Crippen molar-refractivity contribution in [3.63, 3.8) is 0 Å². The van der Waals surface area contributed by atoms with Gasteiger partial charge in [-0.1, -0.05) is 18.2 Å². The molecule has 2 heterocycles. The summed E-state index contributed by atoms with van der Waals surface area (Å²) < 4.78 is 24.6. The summed E-state index contributed by atoms with van der Waals surface area (Å²) in [6.07, 6.45) is 2.72. The van der Waals surface area contributed by atoms with Crippen molar-refractivity contribution in [3.8, 4) is 0 Å². The minimum absolute atomic E-state index is 0.0142. The van der Waals surface area contributed by atoms with Crippen LogP contribution in [0.25, 0.3) is 0 Å². The van der Waals surface area contributed by atoms with E-state index in [1.165, 1.54) is 10.6 Å². The summed E-state index contributed by atoms with van der Waals surface area (Å²) in [5.41, 5.74) is 0.729. The minimum atomic E-state index is -3.22. The Morgan fingerprint density at radius 2 is 1.67 bits per heavy atom. The van der Waals surface area contributed by atoms with E-state index in [-0.39, 0.29) is 17.9 Å². The highest BCUT2D eigenvalue weighted by molar-refractivity contribution is 7.88. The third-order valence-electron chi connectivity index (χ3n) is 5.10. The van der Waals surface area contributed by atoms with Crippen LogP contribution in [0.1, 0.15) is 12.8 Å². The smallest absolute Gasteiger partial charge is 0.321 e. The fourth-order valence-corrected chi connectivity index (χ4v) is 4.41. The van der Waals surface area contributed by atoms with E-state index in [1.807, 2.05) is 30.3 Å². The summed E-state index contributed by atoms with van der Waals surface area (Å²) in [5, 5.41) is 2.86. The van der Waals surface area contributed by atoms with E-state index < -0.39 is 10.0 Å². The molecule has 3 amide bonds. The maximum atomic E-state index is 12.8. The van der Waals surface area contributed by atoms with Gasteiger partial charge in [-0.15, -0.1) is 0 Å². The average molecular weight is 394 g/mol. The minimum Gasteiger partial charge on any atom is -0.340 e. The van der Waals surface area contributed by atoms with Crippen molar-refractivity contribution in [2.45, 2.75) is 12.8 Å². The Balaban J connectivity index is 1.54. The molecular formula is C18H26N4O4S. The van der Waals surface area contributed by atoms with Crippen LogP contribution in [0, 0.1) is 5.92 Å². The van der Waals surface area contributed by atoms with Crippen molar-refractivity contribution < 1.29 is 18.0 Å². The van der Waals surface area contributed by atoms with Crippen LogP contribution >= 0.6 is 0 Å². The lowest BCUT2D eigenvalue weighted by Crippen LogP contribution is -2.54. The number of carbonyl (C=O) groups is 2. The van der Waals surface area contributed by atoms with Crippen molar-refractivity contribution >= 4 is 27.6 Å². The van der Waals surface area contributed by atoms with Crippen molar-refractivity contribution in [3.05, 3.63) is 30.3 Å². The van der Waals surface area contributed by atoms with Gasteiger partial charge in [0.2, 0.25) is 15.9 Å². The number of piperidine rings is 1. The quantitative estimate of drug-likeness (QED) is 0.829. The van der Waals surface area contributed by atoms with Gasteiger partial charge in [-0.2, -0.15) is 4.31 Å². The number of piperazine rings is 1. The van der Waals surface area contributed by atoms with Crippen LogP contribution in [0.2, 0.25) is 0 Å². The third-order valence-corrected chi connectivity index (χ3v) is 6.41. The predicted octanol–water partition coefficient (Wildman–Crippen LogP) is 1.03. The van der Waals surface area contributed by atoms with Crippen molar-refractivity contribution in [2.24, 2.45) is 5.92 Å². The molecule has 1 unspecified atom stereocenters. The maximum Gasteiger partial charge on any atom is 0.321 e. The Morgan fingerprint density at radius 3 is 2.30 bits per heavy atom. The van der Waals surface area contributed by atoms with Gasteiger partial charge in [-0.3, -0.25) is 4.79 Å². The molecule has 1 aromatic rings. The highest BCUT2D eigenvalue weighted by atomic mass is 32.2. The molecule has 2 aliphatic heterocycles. The number of nitrogens with one attached hydrogen (secondary N) is 1. The van der Waals surface area contributed by atoms with E-state index in [0.717, 1.165) is 18.5 Å². The van der Waals surface area contributed by atoms with E-state index >= 15 is 0 Å². The van der Waals surface area contributed by atoms with Crippen LogP contribution in [0.3, 0.4) is 0 Å². The number of anilines is 1. The molecule has 0 saturated carbocycles. The molecule has 0 spiro atoms. The number of urea groups is 1. The Kier molecular flexibility index (Phi) is 6.01. The zero-order valence-corrected chi connectivity index (χ0v) is 16.3. The van der Waals surface area contributed by atoms with E-state index in [2.05, 4.69) is 5.32 Å². The van der Waals surface area contributed by atoms with Crippen LogP contribution in [-0.2, 0) is 14.8 Å². The van der Waals surface area contributed by atoms with Crippen LogP contribution in [0.4, 0.5) is 10.5 Å². The molecule has 1 aromatic carbocycles. The predicted molar refractivity (Wildman–Crippen MR) is 103 cm³/mol. The Labute approximate surface area is 160 Å². The molecule has 27 heavy (non-hydrogen) atoms. The molecule has 2 saturated heterocycles. The average Bonchev–Trinajstić information content (AvgIpc) is 2.68. The largest absolute Gasteiger partial charge is 0.340 e. The summed E-state index contributed by atoms with van der Waals surface area (Å²) in [6, 6.07) is 9.05. The molecule has 0 radical (unpaired) electrons. The third kappa shape index (κ3) is 4.98. The summed E-state index contributed by atoms with van der Waals surface area (Å²) in [5.74, 6) is -0.217. The molecule has 0 aliphatic carbocycles. The van der Waals surface area contributed by atoms with Crippen LogP contribution in [0.15, 0.2) is 30.3 Å². The summed E-state index contributed by atoms with van der Waals surface area (Å²) in [6.45, 7) is 2.48. The lowest BCUT2D eigenvalue weighted by Gasteiger charge is -2.38. The second-order valence-electron chi connectivity index (χ2n) is 7.07. The standard InChI is InChI=1S/C18H26N4O4S/c1-27(25,26)22-12-10-20(11-13-22)17(23)15-6-5-9-21(14-15)18(24)19-16-7-3-2-4-8-16/h2-4,7-8,15H,5-6,9-14H2,1H3,(H,19,24). The van der Waals surface area contributed by atoms with Gasteiger partial charge in [0.05, 0.1) is 12.2 Å². The fraction of sp³-hybridized carbons (Fsp3) is 0.556. The number of likely N-dealkylation sites (tertiary alicyclic amines) is 1. The number of nitrogens with zero attached hydrogens (tertiary/aromatic N) is 3. The Hall–Kier alpha value is -2.13. The monoisotopic (exact) mass is 394 g/mol. The fourth-order valence-electron chi connectivity index (χ4n) is 3.59. The second kappa shape index (κ2) is 8.26. The first-order chi connectivity index (χ1) is 12.8. The van der Waals surface area contributed by atoms with Gasteiger partial charge in [0.15, 0.2) is 0 Å². The molecule has 0 bridgehead atoms. The van der Waals surface area contributed by atoms with Crippen molar-refractivity contribution in [2.75, 3.05) is 50.8 Å². The highest BCUT2D eigenvalue weighted by Crippen LogP contribution is 2.21. The molecule has 2 fully saturated rings. The first-order valence-corrected chi connectivity index (χ1v) is 11.0. The van der Waals surface area contributed by atoms with Crippen molar-refractivity contribution in [1.29, 1.82) is 0 Å². The van der Waals surface area contributed by atoms with Gasteiger partial charge in [-0.05, 0) is 25.0 Å². The molecule has 1 atom stereocenters. The van der Waals surface area contributed by atoms with E-state index in [0.29, 0.717) is 39.3 Å². The van der Waals surface area contributed by atoms with Crippen LogP contribution < -0.4 is 5.32 Å². The number of para-hydroxylation sites is 1. The zero-order valence-electron chi connectivity index (χ0n) is 15.5. The van der Waals surface area contributed by atoms with E-state index in [1.54, 1.807) is 9.80 Å². The number of amides is 3. The van der Waals surface area contributed by atoms with Gasteiger partial charge >= 0.3 is 6.03 Å². The lowest BCUT2D eigenvalue weighted by molar-refractivity contribution is -0.138. The Bertz CT molecular complexity index is 776. The summed E-state index contributed by atoms with van der Waals surface area (Å²) in [7, 11) is -3.22. The zero-order chi connectivity index (χ0) is 19.4. The van der Waals surface area contributed by atoms with Gasteiger partial charge in [-0.25, -0.2) is 13.2 Å². The molecule has 2 aliphatic rings. The summed E-state index contributed by atoms with van der Waals surface area (Å²) in [4.78, 5) is 28.7. The normalized spacial score (nSPS) is 21.7. The first-order valence-electron chi connectivity index (χ1n) is 9.19. The molecule has 3 rings (SSSR count). The topological polar surface area (TPSA) is 90.0 Å². The molecule has 1 N–H and O–H groups in total. The van der Waals surface area contributed by atoms with Gasteiger partial charge in [0, 0.05) is 45.0 Å². The van der Waals surface area contributed by atoms with E-state index in [4.69, 9.17) is 0 Å². The molecule has 148 valence electrons. The van der Waals surface area contributed by atoms with Gasteiger partial charge in [0.25, 0.3) is 0 Å². The van der Waals surface area contributed by atoms with E-state index in [9.17, 15) is 18.0 Å². The Morgan fingerprint density at radius 1 is 1.00 bits per heavy atom. The van der Waals surface area contributed by atoms with Crippen molar-refractivity contribution in [1.82, 2.24) is 14.1 Å². The van der Waals surface area contributed by atoms with Gasteiger partial charge in [0.1, 0.15) is 0 Å². The first kappa shape index (κ1) is 19.6. The van der Waals surface area contributed by atoms with Gasteiger partial charge < -0.3 is 15.1 Å². The second-order valence-corrected chi connectivity index (χ2v) is 9.05. The lowest BCUT2D eigenvalue weighted by atomic mass is 9.96. The molecule has 8 nitrogen and oxygen atoms in total. The summed E-state index contributed by atoms with van der Waals surface area (Å²) >= 11 is 0.